The van der Waals surface area contributed by atoms with Crippen molar-refractivity contribution in [2.75, 3.05) is 10.6 Å². The van der Waals surface area contributed by atoms with Crippen LogP contribution in [0.2, 0.25) is 0 Å². The van der Waals surface area contributed by atoms with Crippen LogP contribution in [-0.2, 0) is 0 Å². The van der Waals surface area contributed by atoms with Crippen molar-refractivity contribution in [3.05, 3.63) is 84.3 Å². The molecule has 6 aromatic rings. The van der Waals surface area contributed by atoms with Gasteiger partial charge in [0.15, 0.2) is 5.82 Å². The first-order valence-corrected chi connectivity index (χ1v) is 11.2. The molecule has 4 heterocycles. The van der Waals surface area contributed by atoms with Gasteiger partial charge in [0.1, 0.15) is 5.82 Å². The van der Waals surface area contributed by atoms with Crippen molar-refractivity contribution < 1.29 is 4.79 Å². The maximum Gasteiger partial charge on any atom is 0.265 e. The van der Waals surface area contributed by atoms with Crippen LogP contribution >= 0.6 is 11.3 Å². The number of carbonyl (C=O) groups excluding carboxylic acids is 1. The fourth-order valence-corrected chi connectivity index (χ4v) is 4.57. The van der Waals surface area contributed by atoms with E-state index in [1.165, 1.54) is 23.7 Å². The van der Waals surface area contributed by atoms with E-state index in [-0.39, 0.29) is 5.91 Å². The zero-order valence-corrected chi connectivity index (χ0v) is 18.4. The molecule has 6 rings (SSSR count). The standard InChI is InChI=1S/C24H16N8OS/c33-24(30-18-5-8-26-27-13-18)21-10-14-1-2-15(11-20(14)34-21)23-25-7-6-22(31-23)29-17-3-4-19-16(9-17)12-28-32-19/h1-13H,(H,28,32)(H,25,29,31)(H,26,30,33). The summed E-state index contributed by atoms with van der Waals surface area (Å²) in [5, 5.41) is 22.7. The average molecular weight is 465 g/mol. The van der Waals surface area contributed by atoms with Gasteiger partial charge in [-0.05, 0) is 47.9 Å². The quantitative estimate of drug-likeness (QED) is 0.327. The topological polar surface area (TPSA) is 121 Å². The maximum atomic E-state index is 12.6. The van der Waals surface area contributed by atoms with Crippen LogP contribution in [0.15, 0.2) is 79.4 Å². The van der Waals surface area contributed by atoms with Crippen molar-refractivity contribution >= 4 is 55.4 Å². The number of amides is 1. The number of carbonyl (C=O) groups is 1. The van der Waals surface area contributed by atoms with Gasteiger partial charge in [-0.15, -0.1) is 11.3 Å². The van der Waals surface area contributed by atoms with Gasteiger partial charge in [-0.2, -0.15) is 15.3 Å². The second-order valence-electron chi connectivity index (χ2n) is 7.51. The molecule has 0 aliphatic heterocycles. The molecule has 0 radical (unpaired) electrons. The molecular formula is C24H16N8OS. The fourth-order valence-electron chi connectivity index (χ4n) is 3.58. The molecule has 10 heteroatoms. The van der Waals surface area contributed by atoms with Crippen LogP contribution in [0.5, 0.6) is 0 Å². The summed E-state index contributed by atoms with van der Waals surface area (Å²) in [5.41, 5.74) is 3.35. The molecule has 0 saturated carbocycles. The Morgan fingerprint density at radius 1 is 0.882 bits per heavy atom. The van der Waals surface area contributed by atoms with Crippen molar-refractivity contribution in [3.63, 3.8) is 0 Å². The third-order valence-corrected chi connectivity index (χ3v) is 6.31. The van der Waals surface area contributed by atoms with Crippen molar-refractivity contribution in [1.29, 1.82) is 0 Å². The molecule has 1 amide bonds. The molecular weight excluding hydrogens is 448 g/mol. The van der Waals surface area contributed by atoms with Crippen LogP contribution in [0.4, 0.5) is 17.2 Å². The Balaban J connectivity index is 1.25. The molecule has 3 N–H and O–H groups in total. The van der Waals surface area contributed by atoms with E-state index in [9.17, 15) is 4.79 Å². The predicted molar refractivity (Wildman–Crippen MR) is 132 cm³/mol. The largest absolute Gasteiger partial charge is 0.340 e. The Hall–Kier alpha value is -4.70. The number of H-pyrrole nitrogens is 1. The number of hydrogen-bond donors (Lipinski definition) is 3. The molecule has 0 atom stereocenters. The van der Waals surface area contributed by atoms with E-state index >= 15 is 0 Å². The van der Waals surface area contributed by atoms with Crippen LogP contribution in [0.25, 0.3) is 32.4 Å². The summed E-state index contributed by atoms with van der Waals surface area (Å²) in [4.78, 5) is 22.4. The van der Waals surface area contributed by atoms with E-state index in [1.54, 1.807) is 18.5 Å². The van der Waals surface area contributed by atoms with Gasteiger partial charge in [0.05, 0.1) is 34.7 Å². The van der Waals surface area contributed by atoms with Crippen LogP contribution < -0.4 is 10.6 Å². The number of nitrogens with one attached hydrogen (secondary N) is 3. The van der Waals surface area contributed by atoms with Crippen molar-refractivity contribution in [3.8, 4) is 11.4 Å². The summed E-state index contributed by atoms with van der Waals surface area (Å²) in [7, 11) is 0. The van der Waals surface area contributed by atoms with Crippen molar-refractivity contribution in [2.24, 2.45) is 0 Å². The number of thiophene rings is 1. The second kappa shape index (κ2) is 8.34. The Morgan fingerprint density at radius 2 is 1.85 bits per heavy atom. The molecule has 0 spiro atoms. The minimum Gasteiger partial charge on any atom is -0.340 e. The molecule has 0 bridgehead atoms. The van der Waals surface area contributed by atoms with Gasteiger partial charge in [-0.3, -0.25) is 9.89 Å². The fraction of sp³-hybridized carbons (Fsp3) is 0. The number of benzene rings is 2. The van der Waals surface area contributed by atoms with Gasteiger partial charge >= 0.3 is 0 Å². The highest BCUT2D eigenvalue weighted by atomic mass is 32.1. The maximum absolute atomic E-state index is 12.6. The predicted octanol–water partition coefficient (Wildman–Crippen LogP) is 5.02. The number of rotatable bonds is 5. The van der Waals surface area contributed by atoms with Crippen LogP contribution in [0.1, 0.15) is 9.67 Å². The lowest BCUT2D eigenvalue weighted by Crippen LogP contribution is -2.10. The summed E-state index contributed by atoms with van der Waals surface area (Å²) in [6.45, 7) is 0. The lowest BCUT2D eigenvalue weighted by Gasteiger charge is -2.07. The smallest absolute Gasteiger partial charge is 0.265 e. The highest BCUT2D eigenvalue weighted by Crippen LogP contribution is 2.30. The Labute approximate surface area is 196 Å². The van der Waals surface area contributed by atoms with E-state index in [0.717, 1.165) is 32.2 Å². The van der Waals surface area contributed by atoms with Crippen molar-refractivity contribution in [1.82, 2.24) is 30.4 Å². The summed E-state index contributed by atoms with van der Waals surface area (Å²) < 4.78 is 0.975. The van der Waals surface area contributed by atoms with Gasteiger partial charge in [0.25, 0.3) is 5.91 Å². The van der Waals surface area contributed by atoms with Gasteiger partial charge in [0.2, 0.25) is 0 Å². The molecule has 0 saturated heterocycles. The van der Waals surface area contributed by atoms with Gasteiger partial charge in [0, 0.05) is 27.5 Å². The van der Waals surface area contributed by atoms with Crippen molar-refractivity contribution in [2.45, 2.75) is 0 Å². The first kappa shape index (κ1) is 19.9. The average Bonchev–Trinajstić information content (AvgIpc) is 3.51. The van der Waals surface area contributed by atoms with E-state index in [1.807, 2.05) is 48.5 Å². The van der Waals surface area contributed by atoms with Gasteiger partial charge < -0.3 is 10.6 Å². The van der Waals surface area contributed by atoms with E-state index < -0.39 is 0 Å². The van der Waals surface area contributed by atoms with E-state index in [2.05, 4.69) is 41.0 Å². The van der Waals surface area contributed by atoms with Crippen LogP contribution in [0.3, 0.4) is 0 Å². The molecule has 0 unspecified atom stereocenters. The monoisotopic (exact) mass is 464 g/mol. The number of nitrogens with zero attached hydrogens (tertiary/aromatic N) is 5. The molecule has 164 valence electrons. The molecule has 9 nitrogen and oxygen atoms in total. The third kappa shape index (κ3) is 3.93. The van der Waals surface area contributed by atoms with Gasteiger partial charge in [-0.1, -0.05) is 12.1 Å². The lowest BCUT2D eigenvalue weighted by molar-refractivity contribution is 0.103. The number of anilines is 3. The number of aromatic amines is 1. The molecule has 0 fully saturated rings. The highest BCUT2D eigenvalue weighted by molar-refractivity contribution is 7.21. The Kier molecular flexibility index (Phi) is 4.89. The van der Waals surface area contributed by atoms with E-state index in [4.69, 9.17) is 0 Å². The summed E-state index contributed by atoms with van der Waals surface area (Å²) in [5.74, 6) is 1.09. The first-order chi connectivity index (χ1) is 16.7. The van der Waals surface area contributed by atoms with Crippen LogP contribution in [-0.4, -0.2) is 36.3 Å². The Bertz CT molecular complexity index is 1640. The number of hydrogen-bond acceptors (Lipinski definition) is 8. The third-order valence-electron chi connectivity index (χ3n) is 5.21. The molecule has 4 aromatic heterocycles. The zero-order chi connectivity index (χ0) is 22.9. The minimum atomic E-state index is -0.187. The highest BCUT2D eigenvalue weighted by Gasteiger charge is 2.12. The number of aromatic nitrogens is 6. The second-order valence-corrected chi connectivity index (χ2v) is 8.59. The van der Waals surface area contributed by atoms with Gasteiger partial charge in [-0.25, -0.2) is 9.97 Å². The first-order valence-electron chi connectivity index (χ1n) is 10.4. The summed E-state index contributed by atoms with van der Waals surface area (Å²) in [6.07, 6.45) is 6.55. The Morgan fingerprint density at radius 3 is 2.76 bits per heavy atom. The normalized spacial score (nSPS) is 11.1. The molecule has 34 heavy (non-hydrogen) atoms. The van der Waals surface area contributed by atoms with Crippen LogP contribution in [0, 0.1) is 0 Å². The molecule has 0 aliphatic rings. The minimum absolute atomic E-state index is 0.187. The zero-order valence-electron chi connectivity index (χ0n) is 17.6. The molecule has 0 aliphatic carbocycles. The number of fused-ring (bicyclic) bond motifs is 2. The molecule has 2 aromatic carbocycles. The SMILES string of the molecule is O=C(Nc1ccnnc1)c1cc2ccc(-c3nccc(Nc4ccc5[nH]ncc5c4)n3)cc2s1. The lowest BCUT2D eigenvalue weighted by atomic mass is 10.1. The summed E-state index contributed by atoms with van der Waals surface area (Å²) in [6, 6.07) is 17.3. The van der Waals surface area contributed by atoms with E-state index in [0.29, 0.717) is 22.2 Å². The summed E-state index contributed by atoms with van der Waals surface area (Å²) >= 11 is 1.41.